The Labute approximate surface area is 100 Å². The molecule has 0 bridgehead atoms. The molecule has 1 fully saturated rings. The van der Waals surface area contributed by atoms with E-state index in [4.69, 9.17) is 0 Å². The van der Waals surface area contributed by atoms with E-state index in [0.717, 1.165) is 18.5 Å². The summed E-state index contributed by atoms with van der Waals surface area (Å²) in [6.45, 7) is 0. The second-order valence-corrected chi connectivity index (χ2v) is 6.79. The first-order valence-electron chi connectivity index (χ1n) is 5.82. The normalized spacial score (nSPS) is 23.9. The molecule has 5 heteroatoms. The molecule has 2 aromatic heterocycles. The summed E-state index contributed by atoms with van der Waals surface area (Å²) in [5.74, 6) is 0.297. The van der Waals surface area contributed by atoms with Gasteiger partial charge in [0.1, 0.15) is 10.9 Å². The summed E-state index contributed by atoms with van der Waals surface area (Å²) in [6, 6.07) is 5.70. The highest BCUT2D eigenvalue weighted by molar-refractivity contribution is 7.91. The van der Waals surface area contributed by atoms with Crippen molar-refractivity contribution < 1.29 is 8.42 Å². The number of nitrogens with zero attached hydrogens (tertiary/aromatic N) is 2. The van der Waals surface area contributed by atoms with E-state index < -0.39 is 15.1 Å². The monoisotopic (exact) mass is 250 g/mol. The highest BCUT2D eigenvalue weighted by Gasteiger charge is 2.31. The molecular formula is C12H14N2O2S. The van der Waals surface area contributed by atoms with E-state index in [1.165, 1.54) is 0 Å². The summed E-state index contributed by atoms with van der Waals surface area (Å²) < 4.78 is 25.9. The zero-order chi connectivity index (χ0) is 11.9. The van der Waals surface area contributed by atoms with Crippen molar-refractivity contribution in [3.05, 3.63) is 36.3 Å². The number of aromatic nitrogens is 2. The Morgan fingerprint density at radius 3 is 2.94 bits per heavy atom. The fourth-order valence-corrected chi connectivity index (χ4v) is 4.29. The lowest BCUT2D eigenvalue weighted by Gasteiger charge is -2.20. The molecular weight excluding hydrogens is 236 g/mol. The first kappa shape index (κ1) is 10.8. The second-order valence-electron chi connectivity index (χ2n) is 4.48. The number of rotatable bonds is 1. The van der Waals surface area contributed by atoms with E-state index in [0.29, 0.717) is 17.9 Å². The van der Waals surface area contributed by atoms with Gasteiger partial charge in [-0.05, 0) is 25.0 Å². The predicted octanol–water partition coefficient (Wildman–Crippen LogP) is 1.97. The maximum Gasteiger partial charge on any atom is 0.158 e. The van der Waals surface area contributed by atoms with E-state index in [9.17, 15) is 8.42 Å². The van der Waals surface area contributed by atoms with Gasteiger partial charge in [0.05, 0.1) is 11.4 Å². The lowest BCUT2D eigenvalue weighted by molar-refractivity contribution is 0.543. The maximum absolute atomic E-state index is 12.0. The fourth-order valence-electron chi connectivity index (χ4n) is 2.40. The Balaban J connectivity index is 2.08. The fraction of sp³-hybridized carbons (Fsp3) is 0.417. The van der Waals surface area contributed by atoms with Crippen molar-refractivity contribution in [2.45, 2.75) is 24.5 Å². The van der Waals surface area contributed by atoms with E-state index in [-0.39, 0.29) is 0 Å². The highest BCUT2D eigenvalue weighted by Crippen LogP contribution is 2.32. The van der Waals surface area contributed by atoms with Crippen LogP contribution < -0.4 is 0 Å². The van der Waals surface area contributed by atoms with Gasteiger partial charge in [-0.15, -0.1) is 0 Å². The number of hydrogen-bond donors (Lipinski definition) is 0. The Hall–Kier alpha value is -1.36. The first-order valence-corrected chi connectivity index (χ1v) is 7.53. The summed E-state index contributed by atoms with van der Waals surface area (Å²) in [5.41, 5.74) is 1.50. The summed E-state index contributed by atoms with van der Waals surface area (Å²) in [7, 11) is -3.00. The number of sulfone groups is 1. The van der Waals surface area contributed by atoms with Crippen molar-refractivity contribution in [1.29, 1.82) is 0 Å². The van der Waals surface area contributed by atoms with Crippen molar-refractivity contribution in [3.8, 4) is 0 Å². The van der Waals surface area contributed by atoms with Gasteiger partial charge in [0.15, 0.2) is 9.84 Å². The van der Waals surface area contributed by atoms with Crippen molar-refractivity contribution in [3.63, 3.8) is 0 Å². The van der Waals surface area contributed by atoms with Gasteiger partial charge < -0.3 is 4.40 Å². The summed E-state index contributed by atoms with van der Waals surface area (Å²) in [5, 5.41) is -0.406. The molecule has 0 amide bonds. The van der Waals surface area contributed by atoms with Crippen LogP contribution in [0.3, 0.4) is 0 Å². The van der Waals surface area contributed by atoms with Crippen LogP contribution in [0.4, 0.5) is 0 Å². The van der Waals surface area contributed by atoms with Crippen molar-refractivity contribution in [1.82, 2.24) is 9.38 Å². The lowest BCUT2D eigenvalue weighted by Crippen LogP contribution is -2.21. The third-order valence-corrected chi connectivity index (χ3v) is 5.49. The van der Waals surface area contributed by atoms with Crippen LogP contribution in [0.2, 0.25) is 0 Å². The summed E-state index contributed by atoms with van der Waals surface area (Å²) in [4.78, 5) is 4.42. The molecule has 0 aromatic carbocycles. The van der Waals surface area contributed by atoms with Crippen LogP contribution in [-0.2, 0) is 9.84 Å². The van der Waals surface area contributed by atoms with Gasteiger partial charge in [0.2, 0.25) is 0 Å². The minimum Gasteiger partial charge on any atom is -0.307 e. The van der Waals surface area contributed by atoms with Gasteiger partial charge >= 0.3 is 0 Å². The zero-order valence-electron chi connectivity index (χ0n) is 9.41. The van der Waals surface area contributed by atoms with Crippen molar-refractivity contribution in [2.75, 3.05) is 5.75 Å². The van der Waals surface area contributed by atoms with E-state index >= 15 is 0 Å². The largest absolute Gasteiger partial charge is 0.307 e. The Bertz CT molecular complexity index is 612. The zero-order valence-corrected chi connectivity index (χ0v) is 10.2. The summed E-state index contributed by atoms with van der Waals surface area (Å²) in [6.07, 6.45) is 6.18. The van der Waals surface area contributed by atoms with Crippen LogP contribution in [0.15, 0.2) is 30.6 Å². The van der Waals surface area contributed by atoms with Gasteiger partial charge in [-0.3, -0.25) is 0 Å². The number of hydrogen-bond acceptors (Lipinski definition) is 3. The molecule has 0 saturated carbocycles. The SMILES string of the molecule is O=S1(=O)CCCCC1c1cn2ccccc2n1. The number of fused-ring (bicyclic) bond motifs is 1. The Kier molecular flexibility index (Phi) is 2.43. The molecule has 1 unspecified atom stereocenters. The van der Waals surface area contributed by atoms with Crippen LogP contribution in [0, 0.1) is 0 Å². The molecule has 0 N–H and O–H groups in total. The van der Waals surface area contributed by atoms with Crippen LogP contribution in [0.1, 0.15) is 30.2 Å². The van der Waals surface area contributed by atoms with Gasteiger partial charge in [-0.2, -0.15) is 0 Å². The molecule has 17 heavy (non-hydrogen) atoms. The van der Waals surface area contributed by atoms with Crippen LogP contribution >= 0.6 is 0 Å². The molecule has 1 aliphatic heterocycles. The topological polar surface area (TPSA) is 51.4 Å². The third kappa shape index (κ3) is 1.84. The maximum atomic E-state index is 12.0. The van der Waals surface area contributed by atoms with Gasteiger partial charge in [-0.1, -0.05) is 12.5 Å². The van der Waals surface area contributed by atoms with Gasteiger partial charge in [0.25, 0.3) is 0 Å². The highest BCUT2D eigenvalue weighted by atomic mass is 32.2. The third-order valence-electron chi connectivity index (χ3n) is 3.29. The average molecular weight is 250 g/mol. The average Bonchev–Trinajstić information content (AvgIpc) is 2.71. The van der Waals surface area contributed by atoms with Crippen molar-refractivity contribution in [2.24, 2.45) is 0 Å². The number of pyridine rings is 1. The Morgan fingerprint density at radius 1 is 1.29 bits per heavy atom. The van der Waals surface area contributed by atoms with Crippen LogP contribution in [-0.4, -0.2) is 23.6 Å². The van der Waals surface area contributed by atoms with Crippen LogP contribution in [0.25, 0.3) is 5.65 Å². The van der Waals surface area contributed by atoms with Crippen molar-refractivity contribution >= 4 is 15.5 Å². The van der Waals surface area contributed by atoms with E-state index in [1.807, 2.05) is 35.0 Å². The molecule has 1 aliphatic rings. The standard InChI is InChI=1S/C12H14N2O2S/c15-17(16)8-4-2-5-11(17)10-9-14-7-3-1-6-12(14)13-10/h1,3,6-7,9,11H,2,4-5,8H2. The molecule has 1 saturated heterocycles. The lowest BCUT2D eigenvalue weighted by atomic mass is 10.1. The second kappa shape index (κ2) is 3.84. The van der Waals surface area contributed by atoms with Crippen LogP contribution in [0.5, 0.6) is 0 Å². The van der Waals surface area contributed by atoms with Gasteiger partial charge in [0, 0.05) is 12.4 Å². The van der Waals surface area contributed by atoms with E-state index in [1.54, 1.807) is 0 Å². The summed E-state index contributed by atoms with van der Waals surface area (Å²) >= 11 is 0. The molecule has 4 nitrogen and oxygen atoms in total. The smallest absolute Gasteiger partial charge is 0.158 e. The Morgan fingerprint density at radius 2 is 2.18 bits per heavy atom. The molecule has 1 atom stereocenters. The first-order chi connectivity index (χ1) is 8.17. The molecule has 2 aromatic rings. The molecule has 3 heterocycles. The molecule has 90 valence electrons. The van der Waals surface area contributed by atoms with Gasteiger partial charge in [-0.25, -0.2) is 13.4 Å². The minimum atomic E-state index is -3.00. The van der Waals surface area contributed by atoms with E-state index in [2.05, 4.69) is 4.98 Å². The minimum absolute atomic E-state index is 0.297. The molecule has 3 rings (SSSR count). The number of imidazole rings is 1. The molecule has 0 aliphatic carbocycles. The quantitative estimate of drug-likeness (QED) is 0.777. The predicted molar refractivity (Wildman–Crippen MR) is 65.6 cm³/mol. The molecule has 0 spiro atoms. The molecule has 0 radical (unpaired) electrons.